The highest BCUT2D eigenvalue weighted by Gasteiger charge is 2.34. The van der Waals surface area contributed by atoms with Crippen LogP contribution >= 0.6 is 0 Å². The van der Waals surface area contributed by atoms with Crippen LogP contribution in [0.4, 0.5) is 0 Å². The predicted molar refractivity (Wildman–Crippen MR) is 87.8 cm³/mol. The smallest absolute Gasteiger partial charge is 0.330 e. The molecule has 128 valence electrons. The average Bonchev–Trinajstić information content (AvgIpc) is 2.95. The maximum atomic E-state index is 12.1. The quantitative estimate of drug-likeness (QED) is 0.844. The molecule has 0 radical (unpaired) electrons. The lowest BCUT2D eigenvalue weighted by Gasteiger charge is -2.15. The monoisotopic (exact) mass is 331 g/mol. The van der Waals surface area contributed by atoms with E-state index < -0.39 is 23.6 Å². The average molecular weight is 331 g/mol. The first kappa shape index (κ1) is 16.6. The molecule has 1 saturated heterocycles. The largest absolute Gasteiger partial charge is 0.390 e. The van der Waals surface area contributed by atoms with Crippen LogP contribution in [0.5, 0.6) is 0 Å². The molecule has 3 heterocycles. The normalized spacial score (nSPS) is 23.5. The first-order chi connectivity index (χ1) is 11.6. The highest BCUT2D eigenvalue weighted by Crippen LogP contribution is 2.29. The molecule has 0 bridgehead atoms. The molecule has 0 aromatic carbocycles. The Labute approximate surface area is 139 Å². The second kappa shape index (κ2) is 7.11. The Balaban J connectivity index is 1.81. The topological polar surface area (TPSA) is 97.2 Å². The molecule has 0 amide bonds. The number of hydrogen-bond acceptors (Lipinski definition) is 5. The van der Waals surface area contributed by atoms with Gasteiger partial charge in [0, 0.05) is 30.1 Å². The molecular formula is C17H21N3O4. The van der Waals surface area contributed by atoms with E-state index in [2.05, 4.69) is 9.97 Å². The molecule has 3 rings (SSSR count). The molecular weight excluding hydrogens is 310 g/mol. The lowest BCUT2D eigenvalue weighted by molar-refractivity contribution is -0.0218. The van der Waals surface area contributed by atoms with Crippen molar-refractivity contribution in [2.45, 2.75) is 51.0 Å². The van der Waals surface area contributed by atoms with Gasteiger partial charge in [-0.05, 0) is 31.4 Å². The van der Waals surface area contributed by atoms with E-state index in [1.807, 2.05) is 25.1 Å². The van der Waals surface area contributed by atoms with Crippen LogP contribution in [-0.4, -0.2) is 31.8 Å². The van der Waals surface area contributed by atoms with Crippen LogP contribution in [0, 0.1) is 0 Å². The van der Waals surface area contributed by atoms with E-state index in [1.54, 1.807) is 12.4 Å². The highest BCUT2D eigenvalue weighted by molar-refractivity contribution is 5.10. The number of rotatable bonds is 5. The molecule has 7 nitrogen and oxygen atoms in total. The van der Waals surface area contributed by atoms with Gasteiger partial charge in [0.15, 0.2) is 0 Å². The number of aromatic amines is 1. The lowest BCUT2D eigenvalue weighted by Crippen LogP contribution is -2.34. The van der Waals surface area contributed by atoms with Gasteiger partial charge in [-0.25, -0.2) is 4.79 Å². The van der Waals surface area contributed by atoms with Crippen molar-refractivity contribution in [3.8, 4) is 0 Å². The van der Waals surface area contributed by atoms with Crippen LogP contribution in [0.1, 0.15) is 37.3 Å². The molecule has 3 atom stereocenters. The second-order valence-electron chi connectivity index (χ2n) is 5.98. The van der Waals surface area contributed by atoms with Crippen LogP contribution in [0.25, 0.3) is 0 Å². The van der Waals surface area contributed by atoms with E-state index in [-0.39, 0.29) is 6.10 Å². The molecule has 1 aliphatic heterocycles. The Hall–Kier alpha value is -2.25. The summed E-state index contributed by atoms with van der Waals surface area (Å²) in [5.74, 6) is 0. The maximum Gasteiger partial charge on any atom is 0.330 e. The number of nitrogens with one attached hydrogen (secondary N) is 1. The lowest BCUT2D eigenvalue weighted by atomic mass is 10.1. The van der Waals surface area contributed by atoms with Crippen molar-refractivity contribution in [2.24, 2.45) is 0 Å². The maximum absolute atomic E-state index is 12.1. The third-order valence-electron chi connectivity index (χ3n) is 4.33. The number of aromatic nitrogens is 3. The van der Waals surface area contributed by atoms with Gasteiger partial charge in [-0.2, -0.15) is 0 Å². The van der Waals surface area contributed by atoms with Gasteiger partial charge in [0.25, 0.3) is 5.56 Å². The zero-order valence-electron chi connectivity index (χ0n) is 13.5. The first-order valence-electron chi connectivity index (χ1n) is 8.16. The van der Waals surface area contributed by atoms with E-state index in [4.69, 9.17) is 4.74 Å². The number of ether oxygens (including phenoxy) is 1. The summed E-state index contributed by atoms with van der Waals surface area (Å²) in [6.07, 6.45) is 3.89. The van der Waals surface area contributed by atoms with E-state index >= 15 is 0 Å². The minimum absolute atomic E-state index is 0.286. The number of hydrogen-bond donors (Lipinski definition) is 2. The summed E-state index contributed by atoms with van der Waals surface area (Å²) >= 11 is 0. The van der Waals surface area contributed by atoms with Crippen LogP contribution in [0.2, 0.25) is 0 Å². The highest BCUT2D eigenvalue weighted by atomic mass is 16.5. The number of aliphatic hydroxyl groups excluding tert-OH is 1. The van der Waals surface area contributed by atoms with Gasteiger partial charge >= 0.3 is 5.69 Å². The Morgan fingerprint density at radius 1 is 1.38 bits per heavy atom. The standard InChI is InChI=1S/C17H21N3O4/c1-2-14-13(21)9-15(24-14)20-10-11(16(22)19-17(20)23)6-7-12-5-3-4-8-18-12/h3-5,8,10,13-15,21H,2,6-7,9H2,1H3,(H,19,22,23)/t13?,14-,15-/m1/s1. The molecule has 0 saturated carbocycles. The summed E-state index contributed by atoms with van der Waals surface area (Å²) in [6.45, 7) is 1.92. The molecule has 2 aromatic rings. The summed E-state index contributed by atoms with van der Waals surface area (Å²) in [5.41, 5.74) is 0.472. The summed E-state index contributed by atoms with van der Waals surface area (Å²) < 4.78 is 7.10. The first-order valence-corrected chi connectivity index (χ1v) is 8.16. The summed E-state index contributed by atoms with van der Waals surface area (Å²) in [5, 5.41) is 9.97. The van der Waals surface area contributed by atoms with E-state index in [9.17, 15) is 14.7 Å². The fraction of sp³-hybridized carbons (Fsp3) is 0.471. The van der Waals surface area contributed by atoms with Crippen molar-refractivity contribution in [3.63, 3.8) is 0 Å². The van der Waals surface area contributed by atoms with Crippen molar-refractivity contribution >= 4 is 0 Å². The van der Waals surface area contributed by atoms with Crippen LogP contribution in [-0.2, 0) is 17.6 Å². The summed E-state index contributed by atoms with van der Waals surface area (Å²) in [7, 11) is 0. The zero-order valence-corrected chi connectivity index (χ0v) is 13.5. The second-order valence-corrected chi connectivity index (χ2v) is 5.98. The molecule has 24 heavy (non-hydrogen) atoms. The Bertz CT molecular complexity index is 799. The minimum atomic E-state index is -0.601. The minimum Gasteiger partial charge on any atom is -0.390 e. The molecule has 1 aliphatic rings. The SMILES string of the molecule is CC[C@H]1O[C@@H](n2cc(CCc3ccccn3)c(=O)[nH]c2=O)CC1O. The van der Waals surface area contributed by atoms with Gasteiger partial charge in [-0.1, -0.05) is 13.0 Å². The third-order valence-corrected chi connectivity index (χ3v) is 4.33. The number of aryl methyl sites for hydroxylation is 2. The van der Waals surface area contributed by atoms with Gasteiger partial charge in [0.1, 0.15) is 6.23 Å². The van der Waals surface area contributed by atoms with Gasteiger partial charge in [-0.3, -0.25) is 19.3 Å². The molecule has 0 spiro atoms. The number of aliphatic hydroxyl groups is 1. The molecule has 2 aromatic heterocycles. The van der Waals surface area contributed by atoms with E-state index in [0.29, 0.717) is 31.2 Å². The number of pyridine rings is 1. The van der Waals surface area contributed by atoms with Gasteiger partial charge < -0.3 is 9.84 Å². The fourth-order valence-electron chi connectivity index (χ4n) is 2.98. The van der Waals surface area contributed by atoms with Crippen LogP contribution < -0.4 is 11.2 Å². The predicted octanol–water partition coefficient (Wildman–Crippen LogP) is 0.775. The van der Waals surface area contributed by atoms with Crippen molar-refractivity contribution in [1.82, 2.24) is 14.5 Å². The fourth-order valence-corrected chi connectivity index (χ4v) is 2.98. The Kier molecular flexibility index (Phi) is 4.92. The zero-order chi connectivity index (χ0) is 17.1. The van der Waals surface area contributed by atoms with Crippen molar-refractivity contribution in [3.05, 3.63) is 62.7 Å². The van der Waals surface area contributed by atoms with Gasteiger partial charge in [0.2, 0.25) is 0 Å². The Morgan fingerprint density at radius 3 is 2.88 bits per heavy atom. The molecule has 2 N–H and O–H groups in total. The van der Waals surface area contributed by atoms with Crippen molar-refractivity contribution in [1.29, 1.82) is 0 Å². The summed E-state index contributed by atoms with van der Waals surface area (Å²) in [6, 6.07) is 5.63. The van der Waals surface area contributed by atoms with Gasteiger partial charge in [0.05, 0.1) is 12.2 Å². The van der Waals surface area contributed by atoms with Crippen LogP contribution in [0.15, 0.2) is 40.2 Å². The Morgan fingerprint density at radius 2 is 2.21 bits per heavy atom. The molecule has 0 aliphatic carbocycles. The van der Waals surface area contributed by atoms with Crippen molar-refractivity contribution < 1.29 is 9.84 Å². The van der Waals surface area contributed by atoms with Gasteiger partial charge in [-0.15, -0.1) is 0 Å². The third kappa shape index (κ3) is 3.47. The van der Waals surface area contributed by atoms with Crippen molar-refractivity contribution in [2.75, 3.05) is 0 Å². The molecule has 7 heteroatoms. The molecule has 1 fully saturated rings. The number of nitrogens with zero attached hydrogens (tertiary/aromatic N) is 2. The van der Waals surface area contributed by atoms with E-state index in [0.717, 1.165) is 5.69 Å². The number of H-pyrrole nitrogens is 1. The molecule has 1 unspecified atom stereocenters. The summed E-state index contributed by atoms with van der Waals surface area (Å²) in [4.78, 5) is 30.7. The van der Waals surface area contributed by atoms with Crippen LogP contribution in [0.3, 0.4) is 0 Å². The van der Waals surface area contributed by atoms with E-state index in [1.165, 1.54) is 4.57 Å².